The van der Waals surface area contributed by atoms with Gasteiger partial charge in [-0.1, -0.05) is 6.92 Å². The monoisotopic (exact) mass is 239 g/mol. The van der Waals surface area contributed by atoms with E-state index in [-0.39, 0.29) is 6.03 Å². The Morgan fingerprint density at radius 1 is 1.24 bits per heavy atom. The van der Waals surface area contributed by atoms with Gasteiger partial charge in [-0.15, -0.1) is 0 Å². The highest BCUT2D eigenvalue weighted by Gasteiger charge is 2.30. The lowest BCUT2D eigenvalue weighted by Gasteiger charge is -2.34. The minimum Gasteiger partial charge on any atom is -0.324 e. The molecular formula is C13H25N3O. The van der Waals surface area contributed by atoms with E-state index >= 15 is 0 Å². The second-order valence-electron chi connectivity index (χ2n) is 5.63. The van der Waals surface area contributed by atoms with Crippen molar-refractivity contribution in [1.29, 1.82) is 0 Å². The number of rotatable bonds is 2. The fraction of sp³-hybridized carbons (Fsp3) is 0.923. The number of hydrogen-bond acceptors (Lipinski definition) is 2. The summed E-state index contributed by atoms with van der Waals surface area (Å²) in [4.78, 5) is 16.4. The summed E-state index contributed by atoms with van der Waals surface area (Å²) in [5, 5.41) is 3.20. The molecule has 4 nitrogen and oxygen atoms in total. The molecule has 0 aromatic heterocycles. The molecule has 0 spiro atoms. The van der Waals surface area contributed by atoms with Gasteiger partial charge in [-0.3, -0.25) is 0 Å². The number of likely N-dealkylation sites (tertiary alicyclic amines) is 2. The smallest absolute Gasteiger partial charge is 0.320 e. The molecule has 2 aliphatic heterocycles. The molecule has 2 rings (SSSR count). The van der Waals surface area contributed by atoms with Crippen molar-refractivity contribution in [2.45, 2.75) is 26.2 Å². The number of piperidine rings is 1. The molecule has 4 heteroatoms. The summed E-state index contributed by atoms with van der Waals surface area (Å²) in [5.74, 6) is 1.31. The first-order valence-electron chi connectivity index (χ1n) is 6.89. The van der Waals surface area contributed by atoms with Crippen LogP contribution in [0.3, 0.4) is 0 Å². The molecule has 0 aliphatic carbocycles. The molecular weight excluding hydrogens is 214 g/mol. The number of nitrogens with zero attached hydrogens (tertiary/aromatic N) is 2. The minimum atomic E-state index is 0.273. The summed E-state index contributed by atoms with van der Waals surface area (Å²) < 4.78 is 0. The van der Waals surface area contributed by atoms with E-state index in [2.05, 4.69) is 17.1 Å². The summed E-state index contributed by atoms with van der Waals surface area (Å²) in [7, 11) is 1.98. The number of carbonyl (C=O) groups is 1. The topological polar surface area (TPSA) is 35.6 Å². The Kier molecular flexibility index (Phi) is 4.26. The molecule has 2 aliphatic rings. The van der Waals surface area contributed by atoms with Crippen LogP contribution in [0.1, 0.15) is 26.2 Å². The van der Waals surface area contributed by atoms with E-state index in [4.69, 9.17) is 0 Å². The zero-order valence-corrected chi connectivity index (χ0v) is 11.1. The van der Waals surface area contributed by atoms with Crippen LogP contribution in [0, 0.1) is 11.8 Å². The summed E-state index contributed by atoms with van der Waals surface area (Å²) in [6.45, 7) is 7.05. The van der Waals surface area contributed by atoms with Gasteiger partial charge < -0.3 is 15.1 Å². The average Bonchev–Trinajstić information content (AvgIpc) is 2.77. The molecule has 2 heterocycles. The van der Waals surface area contributed by atoms with Crippen molar-refractivity contribution in [3.63, 3.8) is 0 Å². The predicted octanol–water partition coefficient (Wildman–Crippen LogP) is 1.38. The van der Waals surface area contributed by atoms with E-state index in [9.17, 15) is 4.79 Å². The molecule has 2 fully saturated rings. The third-order valence-electron chi connectivity index (χ3n) is 3.98. The van der Waals surface area contributed by atoms with Gasteiger partial charge in [0.15, 0.2) is 0 Å². The van der Waals surface area contributed by atoms with Crippen LogP contribution >= 0.6 is 0 Å². The van der Waals surface area contributed by atoms with Crippen molar-refractivity contribution in [3.8, 4) is 0 Å². The standard InChI is InChI=1S/C13H25N3O/c1-11-4-3-6-15(9-11)13(17)16-7-5-12(10-16)8-14-2/h11-12,14H,3-10H2,1-2H3. The van der Waals surface area contributed by atoms with Crippen LogP contribution in [0.15, 0.2) is 0 Å². The highest BCUT2D eigenvalue weighted by atomic mass is 16.2. The SMILES string of the molecule is CNCC1CCN(C(=O)N2CCCC(C)C2)C1. The molecule has 2 amide bonds. The summed E-state index contributed by atoms with van der Waals surface area (Å²) in [5.41, 5.74) is 0. The number of amides is 2. The maximum Gasteiger partial charge on any atom is 0.320 e. The van der Waals surface area contributed by atoms with E-state index in [1.54, 1.807) is 0 Å². The minimum absolute atomic E-state index is 0.273. The Labute approximate surface area is 104 Å². The molecule has 2 atom stereocenters. The lowest BCUT2D eigenvalue weighted by molar-refractivity contribution is 0.138. The number of hydrogen-bond donors (Lipinski definition) is 1. The summed E-state index contributed by atoms with van der Waals surface area (Å²) in [6.07, 6.45) is 3.59. The molecule has 17 heavy (non-hydrogen) atoms. The molecule has 0 aromatic rings. The predicted molar refractivity (Wildman–Crippen MR) is 69.0 cm³/mol. The second-order valence-corrected chi connectivity index (χ2v) is 5.63. The normalized spacial score (nSPS) is 29.8. The van der Waals surface area contributed by atoms with E-state index in [0.29, 0.717) is 11.8 Å². The first-order chi connectivity index (χ1) is 8.20. The van der Waals surface area contributed by atoms with Gasteiger partial charge in [0, 0.05) is 26.2 Å². The summed E-state index contributed by atoms with van der Waals surface area (Å²) in [6, 6.07) is 0.273. The van der Waals surface area contributed by atoms with Crippen molar-refractivity contribution in [2.24, 2.45) is 11.8 Å². The molecule has 98 valence electrons. The fourth-order valence-corrected chi connectivity index (χ4v) is 3.02. The van der Waals surface area contributed by atoms with Gasteiger partial charge >= 0.3 is 6.03 Å². The van der Waals surface area contributed by atoms with Crippen LogP contribution in [0.2, 0.25) is 0 Å². The maximum absolute atomic E-state index is 12.3. The van der Waals surface area contributed by atoms with Crippen LogP contribution < -0.4 is 5.32 Å². The van der Waals surface area contributed by atoms with E-state index in [1.165, 1.54) is 12.8 Å². The molecule has 2 unspecified atom stereocenters. The van der Waals surface area contributed by atoms with Gasteiger partial charge in [-0.2, -0.15) is 0 Å². The molecule has 0 bridgehead atoms. The third kappa shape index (κ3) is 3.12. The Morgan fingerprint density at radius 3 is 2.71 bits per heavy atom. The van der Waals surface area contributed by atoms with Gasteiger partial charge in [0.05, 0.1) is 0 Å². The third-order valence-corrected chi connectivity index (χ3v) is 3.98. The second kappa shape index (κ2) is 5.71. The first-order valence-corrected chi connectivity index (χ1v) is 6.89. The Morgan fingerprint density at radius 2 is 2.00 bits per heavy atom. The molecule has 0 saturated carbocycles. The van der Waals surface area contributed by atoms with Crippen molar-refractivity contribution < 1.29 is 4.79 Å². The zero-order valence-electron chi connectivity index (χ0n) is 11.1. The van der Waals surface area contributed by atoms with E-state index < -0.39 is 0 Å². The first kappa shape index (κ1) is 12.7. The maximum atomic E-state index is 12.3. The Hall–Kier alpha value is -0.770. The van der Waals surface area contributed by atoms with Crippen molar-refractivity contribution in [2.75, 3.05) is 39.8 Å². The molecule has 0 radical (unpaired) electrons. The van der Waals surface area contributed by atoms with Crippen LogP contribution in [0.5, 0.6) is 0 Å². The Balaban J connectivity index is 1.83. The van der Waals surface area contributed by atoms with Gasteiger partial charge in [0.1, 0.15) is 0 Å². The van der Waals surface area contributed by atoms with Crippen LogP contribution in [0.4, 0.5) is 4.79 Å². The zero-order chi connectivity index (χ0) is 12.3. The number of carbonyl (C=O) groups excluding carboxylic acids is 1. The number of urea groups is 1. The quantitative estimate of drug-likeness (QED) is 0.790. The van der Waals surface area contributed by atoms with Crippen LogP contribution in [0.25, 0.3) is 0 Å². The van der Waals surface area contributed by atoms with Crippen molar-refractivity contribution in [3.05, 3.63) is 0 Å². The van der Waals surface area contributed by atoms with Gasteiger partial charge in [-0.25, -0.2) is 4.79 Å². The van der Waals surface area contributed by atoms with Crippen LogP contribution in [-0.2, 0) is 0 Å². The lowest BCUT2D eigenvalue weighted by atomic mass is 10.0. The molecule has 2 saturated heterocycles. The van der Waals surface area contributed by atoms with Gasteiger partial charge in [0.25, 0.3) is 0 Å². The molecule has 1 N–H and O–H groups in total. The highest BCUT2D eigenvalue weighted by molar-refractivity contribution is 5.74. The van der Waals surface area contributed by atoms with Crippen LogP contribution in [-0.4, -0.2) is 55.6 Å². The van der Waals surface area contributed by atoms with Gasteiger partial charge in [0.2, 0.25) is 0 Å². The largest absolute Gasteiger partial charge is 0.324 e. The summed E-state index contributed by atoms with van der Waals surface area (Å²) >= 11 is 0. The highest BCUT2D eigenvalue weighted by Crippen LogP contribution is 2.21. The Bertz CT molecular complexity index is 269. The lowest BCUT2D eigenvalue weighted by Crippen LogP contribution is -2.46. The van der Waals surface area contributed by atoms with Crippen molar-refractivity contribution in [1.82, 2.24) is 15.1 Å². The molecule has 0 aromatic carbocycles. The number of nitrogens with one attached hydrogen (secondary N) is 1. The van der Waals surface area contributed by atoms with Gasteiger partial charge in [-0.05, 0) is 44.7 Å². The average molecular weight is 239 g/mol. The fourth-order valence-electron chi connectivity index (χ4n) is 3.02. The van der Waals surface area contributed by atoms with E-state index in [0.717, 1.165) is 39.1 Å². The van der Waals surface area contributed by atoms with E-state index in [1.807, 2.05) is 11.9 Å². The van der Waals surface area contributed by atoms with Crippen molar-refractivity contribution >= 4 is 6.03 Å².